The Bertz CT molecular complexity index is 2750. The van der Waals surface area contributed by atoms with Gasteiger partial charge in [0.05, 0.1) is 10.2 Å². The van der Waals surface area contributed by atoms with Gasteiger partial charge in [-0.05, 0) is 63.0 Å². The Kier molecular flexibility index (Phi) is 6.98. The lowest BCUT2D eigenvalue weighted by atomic mass is 9.81. The molecule has 0 unspecified atom stereocenters. The van der Waals surface area contributed by atoms with E-state index >= 15 is 0 Å². The van der Waals surface area contributed by atoms with E-state index in [1.807, 2.05) is 42.5 Å². The number of benzene rings is 7. The molecule has 5 heteroatoms. The van der Waals surface area contributed by atoms with E-state index in [4.69, 9.17) is 19.9 Å². The second-order valence-corrected chi connectivity index (χ2v) is 14.9. The highest BCUT2D eigenvalue weighted by Gasteiger charge is 2.38. The Morgan fingerprint density at radius 1 is 0.442 bits per heavy atom. The minimum absolute atomic E-state index is 0.222. The van der Waals surface area contributed by atoms with Crippen molar-refractivity contribution >= 4 is 32.3 Å². The van der Waals surface area contributed by atoms with Crippen molar-refractivity contribution in [1.82, 2.24) is 19.9 Å². The third kappa shape index (κ3) is 4.96. The summed E-state index contributed by atoms with van der Waals surface area (Å²) in [4.78, 5) is 20.5. The first kappa shape index (κ1) is 30.5. The molecule has 0 spiro atoms. The largest absolute Gasteiger partial charge is 0.236 e. The van der Waals surface area contributed by atoms with Crippen LogP contribution in [0.1, 0.15) is 25.0 Å². The Balaban J connectivity index is 1.23. The second-order valence-electron chi connectivity index (χ2n) is 13.9. The molecule has 4 nitrogen and oxygen atoms in total. The molecule has 52 heavy (non-hydrogen) atoms. The molecule has 2 aromatic heterocycles. The molecule has 9 aromatic rings. The van der Waals surface area contributed by atoms with E-state index in [0.29, 0.717) is 17.5 Å². The fourth-order valence-electron chi connectivity index (χ4n) is 7.68. The Labute approximate surface area is 306 Å². The smallest absolute Gasteiger partial charge is 0.164 e. The van der Waals surface area contributed by atoms with Gasteiger partial charge < -0.3 is 0 Å². The maximum Gasteiger partial charge on any atom is 0.164 e. The normalized spacial score (nSPS) is 13.0. The molecule has 1 aliphatic rings. The van der Waals surface area contributed by atoms with Crippen molar-refractivity contribution in [3.05, 3.63) is 169 Å². The zero-order chi connectivity index (χ0) is 34.8. The molecule has 246 valence electrons. The second kappa shape index (κ2) is 11.9. The highest BCUT2D eigenvalue weighted by molar-refractivity contribution is 7.22. The van der Waals surface area contributed by atoms with Crippen LogP contribution in [0.5, 0.6) is 0 Å². The Hall–Kier alpha value is -6.30. The lowest BCUT2D eigenvalue weighted by Gasteiger charge is -2.23. The summed E-state index contributed by atoms with van der Waals surface area (Å²) in [7, 11) is 0. The van der Waals surface area contributed by atoms with Crippen molar-refractivity contribution in [1.29, 1.82) is 0 Å². The van der Waals surface area contributed by atoms with Gasteiger partial charge >= 0.3 is 0 Å². The third-order valence-electron chi connectivity index (χ3n) is 10.3. The third-order valence-corrected chi connectivity index (χ3v) is 11.5. The summed E-state index contributed by atoms with van der Waals surface area (Å²) in [5.74, 6) is 1.97. The number of hydrogen-bond acceptors (Lipinski definition) is 5. The molecule has 0 atom stereocenters. The van der Waals surface area contributed by atoms with Crippen LogP contribution in [0.25, 0.3) is 88.0 Å². The van der Waals surface area contributed by atoms with Gasteiger partial charge in [0.15, 0.2) is 17.5 Å². The molecule has 0 radical (unpaired) electrons. The van der Waals surface area contributed by atoms with Crippen LogP contribution in [0, 0.1) is 0 Å². The van der Waals surface area contributed by atoms with Gasteiger partial charge in [-0.15, -0.1) is 11.3 Å². The number of rotatable bonds is 5. The molecule has 0 bridgehead atoms. The molecule has 7 aromatic carbocycles. The van der Waals surface area contributed by atoms with Crippen LogP contribution < -0.4 is 0 Å². The molecule has 0 amide bonds. The number of aromatic nitrogens is 4. The fraction of sp³-hybridized carbons (Fsp3) is 0.0638. The topological polar surface area (TPSA) is 51.6 Å². The quantitative estimate of drug-likeness (QED) is 0.181. The van der Waals surface area contributed by atoms with Crippen LogP contribution in [0.2, 0.25) is 0 Å². The van der Waals surface area contributed by atoms with Crippen molar-refractivity contribution in [2.45, 2.75) is 19.3 Å². The zero-order valence-electron chi connectivity index (χ0n) is 28.7. The highest BCUT2D eigenvalue weighted by atomic mass is 32.1. The average molecular weight is 685 g/mol. The first-order chi connectivity index (χ1) is 25.5. The van der Waals surface area contributed by atoms with Gasteiger partial charge in [-0.2, -0.15) is 0 Å². The van der Waals surface area contributed by atoms with Crippen molar-refractivity contribution in [3.63, 3.8) is 0 Å². The van der Waals surface area contributed by atoms with Gasteiger partial charge in [0, 0.05) is 33.1 Å². The van der Waals surface area contributed by atoms with Gasteiger partial charge in [-0.1, -0.05) is 147 Å². The minimum atomic E-state index is -0.222. The molecule has 10 rings (SSSR count). The SMILES string of the molecule is CC1(C)c2ccccc2-c2c(-c3nc(-c4ccccc4)nc(-c4ccccc4)n3)cc(-c3ccc4ccc5nc(-c6ccccc6)sc5c4c3)cc21. The lowest BCUT2D eigenvalue weighted by molar-refractivity contribution is 0.660. The summed E-state index contributed by atoms with van der Waals surface area (Å²) >= 11 is 1.76. The first-order valence-electron chi connectivity index (χ1n) is 17.6. The highest BCUT2D eigenvalue weighted by Crippen LogP contribution is 2.53. The maximum atomic E-state index is 5.23. The lowest BCUT2D eigenvalue weighted by Crippen LogP contribution is -2.15. The number of thiazole rings is 1. The van der Waals surface area contributed by atoms with Crippen molar-refractivity contribution in [3.8, 4) is 67.0 Å². The monoisotopic (exact) mass is 684 g/mol. The molecule has 0 saturated carbocycles. The molecular formula is C47H32N4S. The van der Waals surface area contributed by atoms with Crippen LogP contribution in [-0.4, -0.2) is 19.9 Å². The standard InChI is InChI=1S/C47H32N4S/c1-47(2)38-21-13-12-20-35(38)41-37(45-50-43(30-14-6-3-7-15-30)49-44(51-45)31-16-8-4-9-17-31)27-34(28-39(41)47)33-23-22-29-24-25-40-42(36(29)26-33)52-46(48-40)32-18-10-5-11-19-32/h3-28H,1-2H3. The van der Waals surface area contributed by atoms with E-state index in [1.54, 1.807) is 11.3 Å². The van der Waals surface area contributed by atoms with Crippen LogP contribution in [-0.2, 0) is 5.41 Å². The van der Waals surface area contributed by atoms with E-state index in [2.05, 4.69) is 129 Å². The predicted molar refractivity (Wildman–Crippen MR) is 215 cm³/mol. The van der Waals surface area contributed by atoms with Crippen LogP contribution >= 0.6 is 11.3 Å². The van der Waals surface area contributed by atoms with Crippen LogP contribution in [0.15, 0.2) is 158 Å². The van der Waals surface area contributed by atoms with Gasteiger partial charge in [-0.3, -0.25) is 0 Å². The van der Waals surface area contributed by atoms with Crippen molar-refractivity contribution in [2.75, 3.05) is 0 Å². The van der Waals surface area contributed by atoms with E-state index in [0.717, 1.165) is 43.9 Å². The van der Waals surface area contributed by atoms with E-state index < -0.39 is 0 Å². The number of fused-ring (bicyclic) bond motifs is 6. The van der Waals surface area contributed by atoms with Gasteiger partial charge in [0.2, 0.25) is 0 Å². The average Bonchev–Trinajstić information content (AvgIpc) is 3.75. The molecule has 0 saturated heterocycles. The Morgan fingerprint density at radius 2 is 1.04 bits per heavy atom. The summed E-state index contributed by atoms with van der Waals surface area (Å²) < 4.78 is 1.20. The fourth-order valence-corrected chi connectivity index (χ4v) is 8.77. The van der Waals surface area contributed by atoms with Crippen molar-refractivity contribution in [2.24, 2.45) is 0 Å². The van der Waals surface area contributed by atoms with Crippen LogP contribution in [0.3, 0.4) is 0 Å². The molecular weight excluding hydrogens is 653 g/mol. The summed E-state index contributed by atoms with van der Waals surface area (Å²) in [6.45, 7) is 4.66. The summed E-state index contributed by atoms with van der Waals surface area (Å²) in [6.07, 6.45) is 0. The molecule has 0 fully saturated rings. The number of hydrogen-bond donors (Lipinski definition) is 0. The first-order valence-corrected chi connectivity index (χ1v) is 18.4. The predicted octanol–water partition coefficient (Wildman–Crippen LogP) is 12.3. The van der Waals surface area contributed by atoms with Gasteiger partial charge in [0.1, 0.15) is 5.01 Å². The Morgan fingerprint density at radius 3 is 1.73 bits per heavy atom. The van der Waals surface area contributed by atoms with Gasteiger partial charge in [-0.25, -0.2) is 19.9 Å². The van der Waals surface area contributed by atoms with Gasteiger partial charge in [0.25, 0.3) is 0 Å². The zero-order valence-corrected chi connectivity index (χ0v) is 29.5. The molecule has 2 heterocycles. The summed E-state index contributed by atoms with van der Waals surface area (Å²) in [5, 5.41) is 3.44. The van der Waals surface area contributed by atoms with E-state index in [-0.39, 0.29) is 5.41 Å². The van der Waals surface area contributed by atoms with E-state index in [1.165, 1.54) is 37.7 Å². The summed E-state index contributed by atoms with van der Waals surface area (Å²) in [5.41, 5.74) is 12.1. The molecule has 0 N–H and O–H groups in total. The molecule has 1 aliphatic carbocycles. The van der Waals surface area contributed by atoms with E-state index in [9.17, 15) is 0 Å². The summed E-state index contributed by atoms with van der Waals surface area (Å²) in [6, 6.07) is 55.4. The minimum Gasteiger partial charge on any atom is -0.236 e. The maximum absolute atomic E-state index is 5.23. The van der Waals surface area contributed by atoms with Crippen LogP contribution in [0.4, 0.5) is 0 Å². The number of nitrogens with zero attached hydrogens (tertiary/aromatic N) is 4. The molecule has 0 aliphatic heterocycles. The van der Waals surface area contributed by atoms with Crippen molar-refractivity contribution < 1.29 is 0 Å².